The van der Waals surface area contributed by atoms with Crippen LogP contribution in [0.5, 0.6) is 11.6 Å². The standard InChI is InChI=1S/C28H25N5O4/c1-4-37-23-15-18(26-32-29-16-33(26)2)11-13-21(23)30-25(17-8-6-5-7-9-17)24-20-12-10-19(28(35)36-3)14-22(20)31-27(24)34/h5-16,31,34H,4H2,1-3H3. The number of hydrogen-bond donors (Lipinski definition) is 2. The van der Waals surface area contributed by atoms with E-state index in [9.17, 15) is 9.90 Å². The molecule has 0 aliphatic heterocycles. The van der Waals surface area contributed by atoms with Crippen molar-refractivity contribution < 1.29 is 19.4 Å². The third-order valence-electron chi connectivity index (χ3n) is 5.95. The van der Waals surface area contributed by atoms with Crippen molar-refractivity contribution in [3.8, 4) is 23.0 Å². The molecule has 5 aromatic rings. The van der Waals surface area contributed by atoms with E-state index in [1.807, 2.05) is 67.1 Å². The van der Waals surface area contributed by atoms with E-state index in [0.717, 1.165) is 11.1 Å². The SMILES string of the molecule is CCOc1cc(-c2nncn2C)ccc1N=C(c1ccccc1)c1c(O)[nH]c2cc(C(=O)OC)ccc12. The van der Waals surface area contributed by atoms with E-state index in [4.69, 9.17) is 14.5 Å². The van der Waals surface area contributed by atoms with Gasteiger partial charge in [0.25, 0.3) is 0 Å². The molecule has 0 atom stereocenters. The Balaban J connectivity index is 1.70. The van der Waals surface area contributed by atoms with Gasteiger partial charge < -0.3 is 24.1 Å². The quantitative estimate of drug-likeness (QED) is 0.242. The lowest BCUT2D eigenvalue weighted by Crippen LogP contribution is -2.04. The normalized spacial score (nSPS) is 11.6. The number of aromatic amines is 1. The van der Waals surface area contributed by atoms with Crippen molar-refractivity contribution >= 4 is 28.3 Å². The predicted octanol–water partition coefficient (Wildman–Crippen LogP) is 5.02. The monoisotopic (exact) mass is 495 g/mol. The summed E-state index contributed by atoms with van der Waals surface area (Å²) in [6.07, 6.45) is 1.64. The molecular formula is C28H25N5O4. The summed E-state index contributed by atoms with van der Waals surface area (Å²) in [5, 5.41) is 19.9. The summed E-state index contributed by atoms with van der Waals surface area (Å²) in [5.74, 6) is 0.756. The number of methoxy groups -OCH3 is 1. The minimum absolute atomic E-state index is 0.0618. The summed E-state index contributed by atoms with van der Waals surface area (Å²) in [7, 11) is 3.20. The molecule has 2 N–H and O–H groups in total. The topological polar surface area (TPSA) is 115 Å². The molecule has 9 nitrogen and oxygen atoms in total. The first kappa shape index (κ1) is 23.8. The highest BCUT2D eigenvalue weighted by atomic mass is 16.5. The van der Waals surface area contributed by atoms with Gasteiger partial charge in [0.2, 0.25) is 0 Å². The molecular weight excluding hydrogens is 470 g/mol. The lowest BCUT2D eigenvalue weighted by molar-refractivity contribution is 0.0601. The zero-order chi connectivity index (χ0) is 25.9. The maximum Gasteiger partial charge on any atom is 0.337 e. The number of esters is 1. The van der Waals surface area contributed by atoms with Gasteiger partial charge in [-0.2, -0.15) is 0 Å². The van der Waals surface area contributed by atoms with Gasteiger partial charge in [-0.15, -0.1) is 10.2 Å². The fourth-order valence-electron chi connectivity index (χ4n) is 4.21. The summed E-state index contributed by atoms with van der Waals surface area (Å²) in [5.41, 5.74) is 4.25. The number of benzene rings is 3. The molecule has 37 heavy (non-hydrogen) atoms. The molecule has 0 spiro atoms. The zero-order valence-electron chi connectivity index (χ0n) is 20.6. The van der Waals surface area contributed by atoms with E-state index in [1.165, 1.54) is 7.11 Å². The van der Waals surface area contributed by atoms with Crippen LogP contribution in [0, 0.1) is 0 Å². The first-order chi connectivity index (χ1) is 18.0. The molecule has 186 valence electrons. The molecule has 0 radical (unpaired) electrons. The molecule has 0 aliphatic rings. The lowest BCUT2D eigenvalue weighted by Gasteiger charge is -2.12. The number of fused-ring (bicyclic) bond motifs is 1. The van der Waals surface area contributed by atoms with Crippen LogP contribution >= 0.6 is 0 Å². The number of H-pyrrole nitrogens is 1. The first-order valence-corrected chi connectivity index (χ1v) is 11.7. The number of aromatic hydroxyl groups is 1. The van der Waals surface area contributed by atoms with Crippen LogP contribution in [0.4, 0.5) is 5.69 Å². The summed E-state index contributed by atoms with van der Waals surface area (Å²) >= 11 is 0. The molecule has 3 aromatic carbocycles. The fourth-order valence-corrected chi connectivity index (χ4v) is 4.21. The van der Waals surface area contributed by atoms with Gasteiger partial charge in [0, 0.05) is 29.1 Å². The van der Waals surface area contributed by atoms with Gasteiger partial charge in [-0.05, 0) is 37.3 Å². The van der Waals surface area contributed by atoms with Crippen LogP contribution in [0.1, 0.15) is 28.4 Å². The molecule has 2 aromatic heterocycles. The minimum Gasteiger partial charge on any atom is -0.494 e. The van der Waals surface area contributed by atoms with Crippen molar-refractivity contribution in [2.24, 2.45) is 12.0 Å². The second-order valence-electron chi connectivity index (χ2n) is 8.31. The number of hydrogen-bond acceptors (Lipinski definition) is 7. The molecule has 5 rings (SSSR count). The summed E-state index contributed by atoms with van der Waals surface area (Å²) in [4.78, 5) is 20.0. The lowest BCUT2D eigenvalue weighted by atomic mass is 10.00. The number of rotatable bonds is 7. The molecule has 2 heterocycles. The van der Waals surface area contributed by atoms with Crippen LogP contribution in [-0.2, 0) is 11.8 Å². The molecule has 0 fully saturated rings. The van der Waals surface area contributed by atoms with E-state index in [0.29, 0.717) is 51.6 Å². The first-order valence-electron chi connectivity index (χ1n) is 11.7. The van der Waals surface area contributed by atoms with E-state index >= 15 is 0 Å². The number of nitrogens with one attached hydrogen (secondary N) is 1. The molecule has 0 unspecified atom stereocenters. The van der Waals surface area contributed by atoms with Crippen molar-refractivity contribution in [1.29, 1.82) is 0 Å². The minimum atomic E-state index is -0.459. The van der Waals surface area contributed by atoms with Gasteiger partial charge in [-0.1, -0.05) is 36.4 Å². The molecule has 0 saturated carbocycles. The molecule has 0 saturated heterocycles. The number of ether oxygens (including phenoxy) is 2. The number of aryl methyl sites for hydroxylation is 1. The highest BCUT2D eigenvalue weighted by Crippen LogP contribution is 2.36. The van der Waals surface area contributed by atoms with E-state index in [-0.39, 0.29) is 5.88 Å². The number of nitrogens with zero attached hydrogens (tertiary/aromatic N) is 4. The Morgan fingerprint density at radius 2 is 1.89 bits per heavy atom. The van der Waals surface area contributed by atoms with Gasteiger partial charge in [-0.25, -0.2) is 9.79 Å². The van der Waals surface area contributed by atoms with Crippen molar-refractivity contribution in [3.63, 3.8) is 0 Å². The van der Waals surface area contributed by atoms with Crippen molar-refractivity contribution in [2.75, 3.05) is 13.7 Å². The maximum absolute atomic E-state index is 12.0. The highest BCUT2D eigenvalue weighted by molar-refractivity contribution is 6.22. The molecule has 0 bridgehead atoms. The van der Waals surface area contributed by atoms with Gasteiger partial charge in [0.05, 0.1) is 30.6 Å². The number of aliphatic imine (C=N–C) groups is 1. The van der Waals surface area contributed by atoms with Gasteiger partial charge in [0.15, 0.2) is 11.7 Å². The summed E-state index contributed by atoms with van der Waals surface area (Å²) in [6.45, 7) is 2.35. The van der Waals surface area contributed by atoms with Crippen molar-refractivity contribution in [1.82, 2.24) is 19.7 Å². The number of carbonyl (C=O) groups is 1. The fraction of sp³-hybridized carbons (Fsp3) is 0.143. The average molecular weight is 496 g/mol. The summed E-state index contributed by atoms with van der Waals surface area (Å²) in [6, 6.07) is 20.3. The van der Waals surface area contributed by atoms with Crippen molar-refractivity contribution in [3.05, 3.63) is 89.7 Å². The van der Waals surface area contributed by atoms with Crippen molar-refractivity contribution in [2.45, 2.75) is 6.92 Å². The van der Waals surface area contributed by atoms with Gasteiger partial charge in [-0.3, -0.25) is 0 Å². The smallest absolute Gasteiger partial charge is 0.337 e. The Hall–Kier alpha value is -4.92. The second-order valence-corrected chi connectivity index (χ2v) is 8.31. The number of carbonyl (C=O) groups excluding carboxylic acids is 1. The predicted molar refractivity (Wildman–Crippen MR) is 141 cm³/mol. The Labute approximate surface area is 213 Å². The van der Waals surface area contributed by atoms with E-state index < -0.39 is 5.97 Å². The molecule has 9 heteroatoms. The Morgan fingerprint density at radius 3 is 2.59 bits per heavy atom. The number of aromatic nitrogens is 4. The van der Waals surface area contributed by atoms with Crippen LogP contribution in [-0.4, -0.2) is 50.3 Å². The Bertz CT molecular complexity index is 1620. The average Bonchev–Trinajstić information content (AvgIpc) is 3.49. The Morgan fingerprint density at radius 1 is 1.08 bits per heavy atom. The summed E-state index contributed by atoms with van der Waals surface area (Å²) < 4.78 is 12.6. The third kappa shape index (κ3) is 4.54. The highest BCUT2D eigenvalue weighted by Gasteiger charge is 2.21. The molecule has 0 amide bonds. The third-order valence-corrected chi connectivity index (χ3v) is 5.95. The van der Waals surface area contributed by atoms with E-state index in [1.54, 1.807) is 24.5 Å². The second kappa shape index (κ2) is 9.98. The van der Waals surface area contributed by atoms with Crippen LogP contribution in [0.25, 0.3) is 22.3 Å². The maximum atomic E-state index is 12.0. The van der Waals surface area contributed by atoms with Crippen LogP contribution in [0.2, 0.25) is 0 Å². The largest absolute Gasteiger partial charge is 0.494 e. The van der Waals surface area contributed by atoms with Crippen LogP contribution < -0.4 is 4.74 Å². The molecule has 0 aliphatic carbocycles. The van der Waals surface area contributed by atoms with Gasteiger partial charge in [0.1, 0.15) is 17.8 Å². The van der Waals surface area contributed by atoms with E-state index in [2.05, 4.69) is 15.2 Å². The van der Waals surface area contributed by atoms with Crippen LogP contribution in [0.15, 0.2) is 78.0 Å². The Kier molecular flexibility index (Phi) is 6.42. The van der Waals surface area contributed by atoms with Gasteiger partial charge >= 0.3 is 5.97 Å². The zero-order valence-corrected chi connectivity index (χ0v) is 20.6. The van der Waals surface area contributed by atoms with Crippen LogP contribution in [0.3, 0.4) is 0 Å².